The predicted molar refractivity (Wildman–Crippen MR) is 67.5 cm³/mol. The molecular weight excluding hydrogens is 298 g/mol. The molecule has 0 atom stereocenters. The third kappa shape index (κ3) is 3.27. The van der Waals surface area contributed by atoms with Crippen molar-refractivity contribution >= 4 is 37.3 Å². The first-order chi connectivity index (χ1) is 6.84. The van der Waals surface area contributed by atoms with Crippen molar-refractivity contribution in [2.45, 2.75) is 25.6 Å². The van der Waals surface area contributed by atoms with Crippen molar-refractivity contribution in [3.8, 4) is 0 Å². The van der Waals surface area contributed by atoms with E-state index in [1.54, 1.807) is 32.2 Å². The lowest BCUT2D eigenvalue weighted by Crippen LogP contribution is -2.32. The normalized spacial score (nSPS) is 12.7. The Morgan fingerprint density at radius 1 is 1.53 bits per heavy atom. The van der Waals surface area contributed by atoms with Crippen LogP contribution in [0.5, 0.6) is 0 Å². The van der Waals surface area contributed by atoms with Crippen molar-refractivity contribution in [3.05, 3.63) is 20.8 Å². The molecule has 0 unspecified atom stereocenters. The summed E-state index contributed by atoms with van der Waals surface area (Å²) < 4.78 is 25.9. The quantitative estimate of drug-likeness (QED) is 0.857. The van der Waals surface area contributed by atoms with E-state index in [-0.39, 0.29) is 5.25 Å². The Balaban J connectivity index is 2.76. The molecule has 0 spiro atoms. The molecule has 6 heteroatoms. The molecule has 0 amide bonds. The molecule has 1 aromatic heterocycles. The number of hydrogen-bond donors (Lipinski definition) is 0. The number of thiophene rings is 1. The van der Waals surface area contributed by atoms with Gasteiger partial charge in [-0.2, -0.15) is 4.31 Å². The van der Waals surface area contributed by atoms with E-state index in [9.17, 15) is 8.42 Å². The molecule has 0 saturated carbocycles. The fraction of sp³-hybridized carbons (Fsp3) is 0.556. The van der Waals surface area contributed by atoms with Gasteiger partial charge in [0.15, 0.2) is 0 Å². The van der Waals surface area contributed by atoms with Gasteiger partial charge in [0.2, 0.25) is 10.0 Å². The molecule has 1 rings (SSSR count). The maximum Gasteiger partial charge on any atom is 0.216 e. The molecule has 15 heavy (non-hydrogen) atoms. The minimum atomic E-state index is -3.14. The van der Waals surface area contributed by atoms with E-state index in [2.05, 4.69) is 15.9 Å². The average Bonchev–Trinajstić information content (AvgIpc) is 2.50. The summed E-state index contributed by atoms with van der Waals surface area (Å²) >= 11 is 4.90. The van der Waals surface area contributed by atoms with Crippen molar-refractivity contribution in [1.82, 2.24) is 4.31 Å². The summed E-state index contributed by atoms with van der Waals surface area (Å²) in [4.78, 5) is 1.04. The third-order valence-corrected chi connectivity index (χ3v) is 5.90. The molecule has 0 saturated heterocycles. The van der Waals surface area contributed by atoms with E-state index in [1.807, 2.05) is 11.4 Å². The average molecular weight is 312 g/mol. The van der Waals surface area contributed by atoms with Gasteiger partial charge in [0, 0.05) is 28.3 Å². The van der Waals surface area contributed by atoms with E-state index < -0.39 is 10.0 Å². The van der Waals surface area contributed by atoms with E-state index in [0.717, 1.165) is 9.35 Å². The van der Waals surface area contributed by atoms with E-state index in [0.29, 0.717) is 6.54 Å². The molecule has 0 radical (unpaired) electrons. The van der Waals surface area contributed by atoms with Crippen LogP contribution in [-0.2, 0) is 16.6 Å². The van der Waals surface area contributed by atoms with E-state index in [4.69, 9.17) is 0 Å². The number of rotatable bonds is 4. The molecule has 3 nitrogen and oxygen atoms in total. The minimum Gasteiger partial charge on any atom is -0.212 e. The molecule has 0 aliphatic rings. The molecule has 0 fully saturated rings. The second-order valence-corrected chi connectivity index (χ2v) is 8.09. The standard InChI is InChI=1S/C9H14BrNO2S2/c1-7(2)15(12,13)11(3)5-9-4-8(10)6-14-9/h4,6-7H,5H2,1-3H3. The molecule has 0 aromatic carbocycles. The Kier molecular flexibility index (Phi) is 4.34. The molecule has 86 valence electrons. The van der Waals surface area contributed by atoms with Gasteiger partial charge in [-0.25, -0.2) is 8.42 Å². The number of sulfonamides is 1. The lowest BCUT2D eigenvalue weighted by atomic mass is 10.5. The molecule has 1 heterocycles. The number of halogens is 1. The van der Waals surface area contributed by atoms with Crippen LogP contribution in [0.3, 0.4) is 0 Å². The Labute approximate surface area is 103 Å². The first-order valence-electron chi connectivity index (χ1n) is 4.52. The van der Waals surface area contributed by atoms with Crippen LogP contribution < -0.4 is 0 Å². The summed E-state index contributed by atoms with van der Waals surface area (Å²) in [5, 5.41) is 1.58. The van der Waals surface area contributed by atoms with Gasteiger partial charge in [-0.3, -0.25) is 0 Å². The molecular formula is C9H14BrNO2S2. The van der Waals surface area contributed by atoms with Crippen LogP contribution >= 0.6 is 27.3 Å². The lowest BCUT2D eigenvalue weighted by Gasteiger charge is -2.18. The summed E-state index contributed by atoms with van der Waals surface area (Å²) in [6.07, 6.45) is 0. The Bertz CT molecular complexity index is 425. The highest BCUT2D eigenvalue weighted by molar-refractivity contribution is 9.10. The Hall–Kier alpha value is 0.0900. The topological polar surface area (TPSA) is 37.4 Å². The van der Waals surface area contributed by atoms with Gasteiger partial charge >= 0.3 is 0 Å². The van der Waals surface area contributed by atoms with Gasteiger partial charge < -0.3 is 0 Å². The van der Waals surface area contributed by atoms with E-state index >= 15 is 0 Å². The SMILES string of the molecule is CC(C)S(=O)(=O)N(C)Cc1cc(Br)cs1. The summed E-state index contributed by atoms with van der Waals surface area (Å²) in [6, 6.07) is 1.94. The van der Waals surface area contributed by atoms with Gasteiger partial charge in [0.25, 0.3) is 0 Å². The Morgan fingerprint density at radius 3 is 2.53 bits per heavy atom. The summed E-state index contributed by atoms with van der Waals surface area (Å²) in [6.45, 7) is 3.82. The maximum absolute atomic E-state index is 11.8. The van der Waals surface area contributed by atoms with Crippen LogP contribution in [0.15, 0.2) is 15.9 Å². The third-order valence-electron chi connectivity index (χ3n) is 2.03. The van der Waals surface area contributed by atoms with Crippen molar-refractivity contribution in [1.29, 1.82) is 0 Å². The zero-order valence-corrected chi connectivity index (χ0v) is 12.1. The second-order valence-electron chi connectivity index (χ2n) is 3.58. The zero-order chi connectivity index (χ0) is 11.6. The number of nitrogens with zero attached hydrogens (tertiary/aromatic N) is 1. The fourth-order valence-corrected chi connectivity index (χ4v) is 3.73. The van der Waals surface area contributed by atoms with Gasteiger partial charge in [-0.1, -0.05) is 0 Å². The van der Waals surface area contributed by atoms with Crippen LogP contribution in [0.1, 0.15) is 18.7 Å². The Morgan fingerprint density at radius 2 is 2.13 bits per heavy atom. The highest BCUT2D eigenvalue weighted by Crippen LogP contribution is 2.22. The highest BCUT2D eigenvalue weighted by Gasteiger charge is 2.22. The largest absolute Gasteiger partial charge is 0.216 e. The molecule has 0 N–H and O–H groups in total. The minimum absolute atomic E-state index is 0.370. The smallest absolute Gasteiger partial charge is 0.212 e. The first-order valence-corrected chi connectivity index (χ1v) is 7.69. The maximum atomic E-state index is 11.8. The number of hydrogen-bond acceptors (Lipinski definition) is 3. The van der Waals surface area contributed by atoms with E-state index in [1.165, 1.54) is 4.31 Å². The fourth-order valence-electron chi connectivity index (χ4n) is 1.11. The van der Waals surface area contributed by atoms with Crippen molar-refractivity contribution in [2.75, 3.05) is 7.05 Å². The van der Waals surface area contributed by atoms with Gasteiger partial charge in [0.1, 0.15) is 0 Å². The van der Waals surface area contributed by atoms with Crippen LogP contribution in [0.25, 0.3) is 0 Å². The lowest BCUT2D eigenvalue weighted by molar-refractivity contribution is 0.462. The van der Waals surface area contributed by atoms with Gasteiger partial charge in [-0.15, -0.1) is 11.3 Å². The van der Waals surface area contributed by atoms with Gasteiger partial charge in [-0.05, 0) is 35.8 Å². The summed E-state index contributed by atoms with van der Waals surface area (Å²) in [5.41, 5.74) is 0. The molecule has 0 aliphatic carbocycles. The van der Waals surface area contributed by atoms with Crippen LogP contribution in [0, 0.1) is 0 Å². The van der Waals surface area contributed by atoms with Crippen molar-refractivity contribution < 1.29 is 8.42 Å². The first kappa shape index (κ1) is 13.2. The zero-order valence-electron chi connectivity index (χ0n) is 8.90. The van der Waals surface area contributed by atoms with Crippen molar-refractivity contribution in [3.63, 3.8) is 0 Å². The highest BCUT2D eigenvalue weighted by atomic mass is 79.9. The van der Waals surface area contributed by atoms with Crippen LogP contribution in [0.2, 0.25) is 0 Å². The van der Waals surface area contributed by atoms with Crippen LogP contribution in [0.4, 0.5) is 0 Å². The van der Waals surface area contributed by atoms with Crippen LogP contribution in [-0.4, -0.2) is 25.0 Å². The van der Waals surface area contributed by atoms with Gasteiger partial charge in [0.05, 0.1) is 5.25 Å². The monoisotopic (exact) mass is 311 g/mol. The second kappa shape index (κ2) is 4.95. The van der Waals surface area contributed by atoms with Crippen molar-refractivity contribution in [2.24, 2.45) is 0 Å². The summed E-state index contributed by atoms with van der Waals surface area (Å²) in [5.74, 6) is 0. The predicted octanol–water partition coefficient (Wildman–Crippen LogP) is 2.68. The summed E-state index contributed by atoms with van der Waals surface area (Å²) in [7, 11) is -1.53. The molecule has 1 aromatic rings. The molecule has 0 aliphatic heterocycles. The molecule has 0 bridgehead atoms.